The van der Waals surface area contributed by atoms with Gasteiger partial charge in [0.15, 0.2) is 0 Å². The third-order valence-corrected chi connectivity index (χ3v) is 5.17. The summed E-state index contributed by atoms with van der Waals surface area (Å²) in [4.78, 5) is 25.3. The molecule has 0 fully saturated rings. The Hall–Kier alpha value is -3.06. The molecule has 0 amide bonds. The number of carbonyl (C=O) groups excluding carboxylic acids is 1. The van der Waals surface area contributed by atoms with Crippen molar-refractivity contribution in [3.63, 3.8) is 0 Å². The second kappa shape index (κ2) is 7.40. The highest BCUT2D eigenvalue weighted by molar-refractivity contribution is 6.30. The third kappa shape index (κ3) is 3.53. The van der Waals surface area contributed by atoms with Gasteiger partial charge in [-0.1, -0.05) is 17.7 Å². The number of ketones is 1. The lowest BCUT2D eigenvalue weighted by Gasteiger charge is -2.12. The van der Waals surface area contributed by atoms with Gasteiger partial charge in [0, 0.05) is 36.8 Å². The number of aromatic nitrogens is 3. The van der Waals surface area contributed by atoms with E-state index < -0.39 is 11.6 Å². The maximum atomic E-state index is 13.9. The molecule has 2 heterocycles. The average molecular weight is 416 g/mol. The van der Waals surface area contributed by atoms with Crippen LogP contribution in [-0.4, -0.2) is 20.1 Å². The topological polar surface area (TPSA) is 56.9 Å². The quantitative estimate of drug-likeness (QED) is 0.494. The number of fused-ring (bicyclic) bond motifs is 3. The predicted molar refractivity (Wildman–Crippen MR) is 107 cm³/mol. The van der Waals surface area contributed by atoms with Gasteiger partial charge in [-0.2, -0.15) is 5.10 Å². The summed E-state index contributed by atoms with van der Waals surface area (Å²) < 4.78 is 30.7. The van der Waals surface area contributed by atoms with Gasteiger partial charge in [-0.15, -0.1) is 0 Å². The highest BCUT2D eigenvalue weighted by atomic mass is 35.5. The summed E-state index contributed by atoms with van der Waals surface area (Å²) >= 11 is 5.73. The van der Waals surface area contributed by atoms with E-state index >= 15 is 0 Å². The number of hydrogen-bond acceptors (Lipinski definition) is 3. The number of aryl methyl sites for hydroxylation is 2. The molecule has 0 aliphatic rings. The molecule has 0 saturated carbocycles. The van der Waals surface area contributed by atoms with Gasteiger partial charge in [0.25, 0.3) is 5.56 Å². The molecular formula is C21H16ClF2N3O2. The standard InChI is InChI=1S/C21H16ClF2N3O2/c1-26-20-16-5-4-14(23)10-19(16)27(21(29)17(20)11-25-26)7-6-15(28)8-12-2-3-13(22)9-18(12)24/h2-5,9-11H,6-8H2,1H3. The number of nitrogens with zero attached hydrogens (tertiary/aromatic N) is 3. The molecule has 2 aromatic heterocycles. The summed E-state index contributed by atoms with van der Waals surface area (Å²) in [6, 6.07) is 8.32. The van der Waals surface area contributed by atoms with Crippen molar-refractivity contribution in [3.05, 3.63) is 75.2 Å². The molecule has 0 aliphatic carbocycles. The SMILES string of the molecule is Cn1ncc2c(=O)n(CCC(=O)Cc3ccc(Cl)cc3F)c3cc(F)ccc3c21. The molecule has 4 aromatic rings. The highest BCUT2D eigenvalue weighted by Gasteiger charge is 2.16. The highest BCUT2D eigenvalue weighted by Crippen LogP contribution is 2.23. The van der Waals surface area contributed by atoms with Gasteiger partial charge in [-0.25, -0.2) is 8.78 Å². The van der Waals surface area contributed by atoms with Gasteiger partial charge in [-0.05, 0) is 35.9 Å². The smallest absolute Gasteiger partial charge is 0.262 e. The lowest BCUT2D eigenvalue weighted by molar-refractivity contribution is -0.118. The average Bonchev–Trinajstić information content (AvgIpc) is 3.06. The molecule has 8 heteroatoms. The molecule has 0 saturated heterocycles. The number of benzene rings is 2. The van der Waals surface area contributed by atoms with Crippen LogP contribution in [0.1, 0.15) is 12.0 Å². The Morgan fingerprint density at radius 3 is 2.69 bits per heavy atom. The van der Waals surface area contributed by atoms with E-state index in [0.717, 1.165) is 6.07 Å². The van der Waals surface area contributed by atoms with E-state index in [0.29, 0.717) is 21.8 Å². The van der Waals surface area contributed by atoms with Crippen molar-refractivity contribution in [3.8, 4) is 0 Å². The lowest BCUT2D eigenvalue weighted by atomic mass is 10.1. The van der Waals surface area contributed by atoms with E-state index in [9.17, 15) is 18.4 Å². The van der Waals surface area contributed by atoms with E-state index in [-0.39, 0.29) is 41.3 Å². The maximum absolute atomic E-state index is 13.9. The van der Waals surface area contributed by atoms with Crippen molar-refractivity contribution in [2.24, 2.45) is 7.05 Å². The molecule has 0 spiro atoms. The summed E-state index contributed by atoms with van der Waals surface area (Å²) in [6.45, 7) is 0.0532. The van der Waals surface area contributed by atoms with Crippen LogP contribution in [0.3, 0.4) is 0 Å². The van der Waals surface area contributed by atoms with E-state index in [4.69, 9.17) is 11.6 Å². The Kier molecular flexibility index (Phi) is 4.92. The maximum Gasteiger partial charge on any atom is 0.262 e. The Morgan fingerprint density at radius 2 is 1.93 bits per heavy atom. The van der Waals surface area contributed by atoms with Crippen LogP contribution in [0.2, 0.25) is 5.02 Å². The van der Waals surface area contributed by atoms with Gasteiger partial charge >= 0.3 is 0 Å². The zero-order valence-corrected chi connectivity index (χ0v) is 16.2. The molecule has 4 rings (SSSR count). The fraction of sp³-hybridized carbons (Fsp3) is 0.190. The third-order valence-electron chi connectivity index (χ3n) is 4.94. The molecule has 5 nitrogen and oxygen atoms in total. The van der Waals surface area contributed by atoms with Crippen LogP contribution in [0.25, 0.3) is 21.8 Å². The Bertz CT molecular complexity index is 1330. The second-order valence-corrected chi connectivity index (χ2v) is 7.29. The molecular weight excluding hydrogens is 400 g/mol. The Balaban J connectivity index is 1.68. The van der Waals surface area contributed by atoms with Gasteiger partial charge in [-0.3, -0.25) is 14.3 Å². The second-order valence-electron chi connectivity index (χ2n) is 6.85. The molecule has 0 atom stereocenters. The molecule has 0 N–H and O–H groups in total. The van der Waals surface area contributed by atoms with Gasteiger partial charge in [0.1, 0.15) is 17.4 Å². The van der Waals surface area contributed by atoms with Gasteiger partial charge < -0.3 is 4.57 Å². The Morgan fingerprint density at radius 1 is 1.14 bits per heavy atom. The molecule has 29 heavy (non-hydrogen) atoms. The minimum Gasteiger partial charge on any atom is -0.307 e. The fourth-order valence-corrected chi connectivity index (χ4v) is 3.68. The van der Waals surface area contributed by atoms with Crippen molar-refractivity contribution < 1.29 is 13.6 Å². The van der Waals surface area contributed by atoms with Gasteiger partial charge in [0.2, 0.25) is 0 Å². The predicted octanol–water partition coefficient (Wildman–Crippen LogP) is 4.02. The van der Waals surface area contributed by atoms with Crippen LogP contribution in [0.5, 0.6) is 0 Å². The van der Waals surface area contributed by atoms with Crippen LogP contribution >= 0.6 is 11.6 Å². The molecule has 0 aliphatic heterocycles. The van der Waals surface area contributed by atoms with Crippen molar-refractivity contribution in [2.75, 3.05) is 0 Å². The number of hydrogen-bond donors (Lipinski definition) is 0. The first-order valence-corrected chi connectivity index (χ1v) is 9.32. The van der Waals surface area contributed by atoms with Crippen molar-refractivity contribution in [1.82, 2.24) is 14.3 Å². The Labute approximate surface area is 169 Å². The number of pyridine rings is 1. The van der Waals surface area contributed by atoms with Crippen molar-refractivity contribution >= 4 is 39.2 Å². The summed E-state index contributed by atoms with van der Waals surface area (Å²) in [5, 5.41) is 5.44. The number of Topliss-reactive ketones (excluding diaryl/α,β-unsaturated/α-hetero) is 1. The largest absolute Gasteiger partial charge is 0.307 e. The van der Waals surface area contributed by atoms with Crippen molar-refractivity contribution in [1.29, 1.82) is 0 Å². The summed E-state index contributed by atoms with van der Waals surface area (Å²) in [5.41, 5.74) is 0.884. The molecule has 2 aromatic carbocycles. The van der Waals surface area contributed by atoms with Crippen LogP contribution in [-0.2, 0) is 24.8 Å². The first-order valence-electron chi connectivity index (χ1n) is 8.94. The van der Waals surface area contributed by atoms with Crippen LogP contribution in [0.15, 0.2) is 47.4 Å². The summed E-state index contributed by atoms with van der Waals surface area (Å²) in [6.07, 6.45) is 1.35. The summed E-state index contributed by atoms with van der Waals surface area (Å²) in [7, 11) is 1.71. The number of rotatable bonds is 5. The van der Waals surface area contributed by atoms with Crippen molar-refractivity contribution in [2.45, 2.75) is 19.4 Å². The zero-order chi connectivity index (χ0) is 20.7. The van der Waals surface area contributed by atoms with E-state index in [1.54, 1.807) is 17.8 Å². The molecule has 148 valence electrons. The summed E-state index contributed by atoms with van der Waals surface area (Å²) in [5.74, 6) is -1.27. The van der Waals surface area contributed by atoms with Gasteiger partial charge in [0.05, 0.1) is 22.6 Å². The zero-order valence-electron chi connectivity index (χ0n) is 15.5. The van der Waals surface area contributed by atoms with E-state index in [2.05, 4.69) is 5.10 Å². The van der Waals surface area contributed by atoms with E-state index in [1.165, 1.54) is 35.0 Å². The van der Waals surface area contributed by atoms with Crippen LogP contribution < -0.4 is 5.56 Å². The fourth-order valence-electron chi connectivity index (χ4n) is 3.52. The monoisotopic (exact) mass is 415 g/mol. The molecule has 0 unspecified atom stereocenters. The number of carbonyl (C=O) groups is 1. The number of halogens is 3. The lowest BCUT2D eigenvalue weighted by Crippen LogP contribution is -2.23. The molecule has 0 bridgehead atoms. The first-order chi connectivity index (χ1) is 13.8. The first kappa shape index (κ1) is 19.3. The van der Waals surface area contributed by atoms with Crippen LogP contribution in [0.4, 0.5) is 8.78 Å². The van der Waals surface area contributed by atoms with Crippen LogP contribution in [0, 0.1) is 11.6 Å². The molecule has 0 radical (unpaired) electrons. The minimum atomic E-state index is -0.549. The minimum absolute atomic E-state index is 0.000640. The van der Waals surface area contributed by atoms with E-state index in [1.807, 2.05) is 0 Å². The normalized spacial score (nSPS) is 11.4.